The molecule has 0 unspecified atom stereocenters. The van der Waals surface area contributed by atoms with Gasteiger partial charge in [-0.2, -0.15) is 0 Å². The fourth-order valence-corrected chi connectivity index (χ4v) is 2.35. The molecule has 0 atom stereocenters. The Hall–Kier alpha value is -1.71. The molecule has 17 heavy (non-hydrogen) atoms. The van der Waals surface area contributed by atoms with Crippen LogP contribution in [0.1, 0.15) is 19.3 Å². The van der Waals surface area contributed by atoms with Gasteiger partial charge in [0, 0.05) is 18.3 Å². The summed E-state index contributed by atoms with van der Waals surface area (Å²) >= 11 is 0. The number of carbonyl (C=O) groups excluding carboxylic acids is 1. The fourth-order valence-electron chi connectivity index (χ4n) is 2.35. The Labute approximate surface area is 100 Å². The van der Waals surface area contributed by atoms with E-state index in [9.17, 15) is 4.79 Å². The average Bonchev–Trinajstić information content (AvgIpc) is 2.25. The molecular formula is C13H16N2O2. The number of nitrogen functional groups attached to an aromatic ring is 1. The van der Waals surface area contributed by atoms with Crippen molar-refractivity contribution in [2.75, 3.05) is 23.8 Å². The van der Waals surface area contributed by atoms with Crippen LogP contribution in [-0.2, 0) is 4.79 Å². The van der Waals surface area contributed by atoms with Crippen molar-refractivity contribution in [1.82, 2.24) is 0 Å². The first-order chi connectivity index (χ1) is 8.24. The van der Waals surface area contributed by atoms with Gasteiger partial charge in [-0.3, -0.25) is 4.79 Å². The molecule has 4 heteroatoms. The lowest BCUT2D eigenvalue weighted by atomic mass is 9.85. The Morgan fingerprint density at radius 1 is 1.41 bits per heavy atom. The monoisotopic (exact) mass is 232 g/mol. The number of nitrogens with two attached hydrogens (primary N) is 1. The maximum absolute atomic E-state index is 11.9. The first-order valence-electron chi connectivity index (χ1n) is 6.07. The van der Waals surface area contributed by atoms with Gasteiger partial charge in [-0.05, 0) is 30.9 Å². The van der Waals surface area contributed by atoms with Gasteiger partial charge in [-0.25, -0.2) is 0 Å². The number of amides is 1. The zero-order valence-electron chi connectivity index (χ0n) is 9.69. The third-order valence-electron chi connectivity index (χ3n) is 3.59. The third kappa shape index (κ3) is 1.84. The van der Waals surface area contributed by atoms with Crippen LogP contribution in [0.25, 0.3) is 0 Å². The van der Waals surface area contributed by atoms with Crippen molar-refractivity contribution in [3.63, 3.8) is 0 Å². The van der Waals surface area contributed by atoms with Crippen molar-refractivity contribution in [2.24, 2.45) is 5.92 Å². The molecule has 0 aromatic heterocycles. The summed E-state index contributed by atoms with van der Waals surface area (Å²) in [6.07, 6.45) is 3.75. The molecule has 1 fully saturated rings. The second-order valence-corrected chi connectivity index (χ2v) is 4.82. The first-order valence-corrected chi connectivity index (χ1v) is 6.07. The first kappa shape index (κ1) is 10.4. The number of nitrogens with zero attached hydrogens (tertiary/aromatic N) is 1. The lowest BCUT2D eigenvalue weighted by molar-refractivity contribution is -0.121. The Balaban J connectivity index is 1.89. The summed E-state index contributed by atoms with van der Waals surface area (Å²) in [5.41, 5.74) is 7.25. The van der Waals surface area contributed by atoms with Crippen LogP contribution < -0.4 is 15.4 Å². The topological polar surface area (TPSA) is 55.6 Å². The molecule has 1 aliphatic carbocycles. The highest BCUT2D eigenvalue weighted by atomic mass is 16.5. The van der Waals surface area contributed by atoms with Gasteiger partial charge < -0.3 is 15.4 Å². The number of ether oxygens (including phenoxy) is 1. The molecule has 1 aromatic rings. The Morgan fingerprint density at radius 2 is 2.24 bits per heavy atom. The lowest BCUT2D eigenvalue weighted by Crippen LogP contribution is -2.42. The van der Waals surface area contributed by atoms with Gasteiger partial charge in [0.2, 0.25) is 0 Å². The van der Waals surface area contributed by atoms with Gasteiger partial charge in [0.15, 0.2) is 6.61 Å². The zero-order chi connectivity index (χ0) is 11.8. The lowest BCUT2D eigenvalue weighted by Gasteiger charge is -2.35. The number of fused-ring (bicyclic) bond motifs is 1. The predicted octanol–water partition coefficient (Wildman–Crippen LogP) is 1.79. The van der Waals surface area contributed by atoms with Crippen molar-refractivity contribution in [2.45, 2.75) is 19.3 Å². The van der Waals surface area contributed by atoms with Crippen LogP contribution >= 0.6 is 0 Å². The quantitative estimate of drug-likeness (QED) is 0.791. The Bertz CT molecular complexity index is 455. The molecule has 2 aliphatic rings. The summed E-state index contributed by atoms with van der Waals surface area (Å²) < 4.78 is 5.41. The van der Waals surface area contributed by atoms with Crippen molar-refractivity contribution in [3.8, 4) is 5.75 Å². The molecular weight excluding hydrogens is 216 g/mol. The van der Waals surface area contributed by atoms with Gasteiger partial charge in [0.25, 0.3) is 5.91 Å². The van der Waals surface area contributed by atoms with Gasteiger partial charge in [-0.1, -0.05) is 6.42 Å². The van der Waals surface area contributed by atoms with E-state index in [1.165, 1.54) is 19.3 Å². The minimum Gasteiger partial charge on any atom is -0.481 e. The molecule has 4 nitrogen and oxygen atoms in total. The van der Waals surface area contributed by atoms with Crippen LogP contribution in [0.4, 0.5) is 11.4 Å². The maximum Gasteiger partial charge on any atom is 0.265 e. The SMILES string of the molecule is Nc1ccc2c(c1)OCC(=O)N2CC1CCC1. The number of hydrogen-bond donors (Lipinski definition) is 1. The third-order valence-corrected chi connectivity index (χ3v) is 3.59. The van der Waals surface area contributed by atoms with Gasteiger partial charge in [0.05, 0.1) is 5.69 Å². The van der Waals surface area contributed by atoms with E-state index in [-0.39, 0.29) is 12.5 Å². The van der Waals surface area contributed by atoms with E-state index >= 15 is 0 Å². The van der Waals surface area contributed by atoms with E-state index in [4.69, 9.17) is 10.5 Å². The van der Waals surface area contributed by atoms with Crippen molar-refractivity contribution in [3.05, 3.63) is 18.2 Å². The molecule has 1 amide bonds. The normalized spacial score (nSPS) is 19.5. The van der Waals surface area contributed by atoms with Gasteiger partial charge in [-0.15, -0.1) is 0 Å². The van der Waals surface area contributed by atoms with Crippen LogP contribution in [0.3, 0.4) is 0 Å². The highest BCUT2D eigenvalue weighted by Gasteiger charge is 2.29. The number of benzene rings is 1. The van der Waals surface area contributed by atoms with E-state index in [0.29, 0.717) is 11.6 Å². The number of anilines is 2. The Kier molecular flexibility index (Phi) is 2.42. The van der Waals surface area contributed by atoms with Crippen molar-refractivity contribution < 1.29 is 9.53 Å². The predicted molar refractivity (Wildman–Crippen MR) is 66.0 cm³/mol. The summed E-state index contributed by atoms with van der Waals surface area (Å²) in [5.74, 6) is 1.43. The van der Waals surface area contributed by atoms with Crippen molar-refractivity contribution >= 4 is 17.3 Å². The molecule has 0 saturated heterocycles. The number of hydrogen-bond acceptors (Lipinski definition) is 3. The van der Waals surface area contributed by atoms with E-state index in [1.54, 1.807) is 6.07 Å². The van der Waals surface area contributed by atoms with E-state index < -0.39 is 0 Å². The number of rotatable bonds is 2. The fraction of sp³-hybridized carbons (Fsp3) is 0.462. The molecule has 0 spiro atoms. The molecule has 2 N–H and O–H groups in total. The minimum absolute atomic E-state index is 0.0502. The second-order valence-electron chi connectivity index (χ2n) is 4.82. The standard InChI is InChI=1S/C13H16N2O2/c14-10-4-5-11-12(6-10)17-8-13(16)15(11)7-9-2-1-3-9/h4-6,9H,1-3,7-8,14H2. The largest absolute Gasteiger partial charge is 0.481 e. The molecule has 1 saturated carbocycles. The van der Waals surface area contributed by atoms with Gasteiger partial charge in [0.1, 0.15) is 5.75 Å². The summed E-state index contributed by atoms with van der Waals surface area (Å²) in [4.78, 5) is 13.7. The second kappa shape index (κ2) is 3.95. The highest BCUT2D eigenvalue weighted by molar-refractivity contribution is 5.98. The number of carbonyl (C=O) groups is 1. The average molecular weight is 232 g/mol. The highest BCUT2D eigenvalue weighted by Crippen LogP contribution is 2.36. The smallest absolute Gasteiger partial charge is 0.265 e. The molecule has 1 aromatic carbocycles. The van der Waals surface area contributed by atoms with Crippen LogP contribution in [0.5, 0.6) is 5.75 Å². The molecule has 0 bridgehead atoms. The minimum atomic E-state index is 0.0502. The summed E-state index contributed by atoms with van der Waals surface area (Å²) in [6, 6.07) is 5.48. The van der Waals surface area contributed by atoms with Crippen molar-refractivity contribution in [1.29, 1.82) is 0 Å². The molecule has 0 radical (unpaired) electrons. The summed E-state index contributed by atoms with van der Waals surface area (Å²) in [7, 11) is 0. The molecule has 90 valence electrons. The van der Waals surface area contributed by atoms with E-state index in [2.05, 4.69) is 0 Å². The summed E-state index contributed by atoms with van der Waals surface area (Å²) in [5, 5.41) is 0. The molecule has 1 aliphatic heterocycles. The van der Waals surface area contributed by atoms with Crippen LogP contribution in [0.2, 0.25) is 0 Å². The Morgan fingerprint density at radius 3 is 2.94 bits per heavy atom. The van der Waals surface area contributed by atoms with E-state index in [1.807, 2.05) is 17.0 Å². The van der Waals surface area contributed by atoms with Crippen LogP contribution in [0.15, 0.2) is 18.2 Å². The van der Waals surface area contributed by atoms with Crippen LogP contribution in [0, 0.1) is 5.92 Å². The zero-order valence-corrected chi connectivity index (χ0v) is 9.69. The van der Waals surface area contributed by atoms with Crippen LogP contribution in [-0.4, -0.2) is 19.1 Å². The van der Waals surface area contributed by atoms with E-state index in [0.717, 1.165) is 18.0 Å². The maximum atomic E-state index is 11.9. The summed E-state index contributed by atoms with van der Waals surface area (Å²) in [6.45, 7) is 0.947. The van der Waals surface area contributed by atoms with Gasteiger partial charge >= 0.3 is 0 Å². The molecule has 1 heterocycles. The molecule has 3 rings (SSSR count).